The Labute approximate surface area is 136 Å². The van der Waals surface area contributed by atoms with Crippen molar-refractivity contribution in [2.75, 3.05) is 0 Å². The second-order valence-corrected chi connectivity index (χ2v) is 6.35. The Balaban J connectivity index is 2.65. The Morgan fingerprint density at radius 3 is 2.39 bits per heavy atom. The van der Waals surface area contributed by atoms with E-state index < -0.39 is 23.7 Å². The summed E-state index contributed by atoms with van der Waals surface area (Å²) in [7, 11) is 0. The number of carbonyl (C=O) groups excluding carboxylic acids is 1. The zero-order valence-corrected chi connectivity index (χ0v) is 14.1. The molecule has 0 aliphatic rings. The Kier molecular flexibility index (Phi) is 6.93. The molecule has 2 N–H and O–H groups in total. The number of carboxylic acids is 1. The van der Waals surface area contributed by atoms with Crippen molar-refractivity contribution >= 4 is 12.1 Å². The van der Waals surface area contributed by atoms with Crippen LogP contribution in [0, 0.1) is 0 Å². The van der Waals surface area contributed by atoms with Crippen molar-refractivity contribution < 1.29 is 19.4 Å². The molecule has 0 spiro atoms. The van der Waals surface area contributed by atoms with Crippen LogP contribution in [0.5, 0.6) is 0 Å². The fraction of sp³-hybridized carbons (Fsp3) is 0.625. The molecule has 1 atom stereocenters. The molecule has 7 heteroatoms. The van der Waals surface area contributed by atoms with E-state index in [0.29, 0.717) is 5.56 Å². The van der Waals surface area contributed by atoms with E-state index in [9.17, 15) is 14.7 Å². The number of rotatable bonds is 7. The maximum atomic E-state index is 11.7. The predicted molar refractivity (Wildman–Crippen MR) is 85.1 cm³/mol. The van der Waals surface area contributed by atoms with E-state index >= 15 is 0 Å². The number of amides is 1. The van der Waals surface area contributed by atoms with E-state index in [1.54, 1.807) is 33.2 Å². The van der Waals surface area contributed by atoms with Crippen LogP contribution in [0.4, 0.5) is 4.79 Å². The average molecular weight is 323 g/mol. The number of aliphatic carboxylic acids is 1. The smallest absolute Gasteiger partial charge is 0.408 e. The van der Waals surface area contributed by atoms with Gasteiger partial charge in [-0.25, -0.2) is 19.6 Å². The quantitative estimate of drug-likeness (QED) is 0.798. The van der Waals surface area contributed by atoms with Gasteiger partial charge in [-0.05, 0) is 32.8 Å². The Morgan fingerprint density at radius 1 is 1.30 bits per heavy atom. The topological polar surface area (TPSA) is 101 Å². The summed E-state index contributed by atoms with van der Waals surface area (Å²) in [6, 6.07) is -1.09. The first-order valence-electron chi connectivity index (χ1n) is 7.73. The van der Waals surface area contributed by atoms with Crippen molar-refractivity contribution in [3.8, 4) is 0 Å². The first-order valence-corrected chi connectivity index (χ1v) is 7.73. The van der Waals surface area contributed by atoms with Crippen LogP contribution in [-0.4, -0.2) is 38.8 Å². The molecule has 0 aliphatic carbocycles. The standard InChI is InChI=1S/C16H25N3O4/c1-5-6-7-13-17-9-11(10-18-13)8-12(14(20)21)19-15(22)23-16(2,3)4/h9-10,12H,5-8H2,1-4H3,(H,19,22)(H,20,21). The summed E-state index contributed by atoms with van der Waals surface area (Å²) in [5.41, 5.74) is -0.0364. The number of nitrogens with zero attached hydrogens (tertiary/aromatic N) is 2. The summed E-state index contributed by atoms with van der Waals surface area (Å²) in [5.74, 6) is -0.395. The third-order valence-electron chi connectivity index (χ3n) is 2.94. The highest BCUT2D eigenvalue weighted by molar-refractivity contribution is 5.80. The SMILES string of the molecule is CCCCc1ncc(CC(NC(=O)OC(C)(C)C)C(=O)O)cn1. The van der Waals surface area contributed by atoms with Gasteiger partial charge in [0.15, 0.2) is 0 Å². The lowest BCUT2D eigenvalue weighted by Crippen LogP contribution is -2.44. The van der Waals surface area contributed by atoms with Crippen molar-refractivity contribution in [3.63, 3.8) is 0 Å². The number of nitrogens with one attached hydrogen (secondary N) is 1. The number of carboxylic acid groups (broad SMARTS) is 1. The predicted octanol–water partition coefficient (Wildman–Crippen LogP) is 2.34. The highest BCUT2D eigenvalue weighted by Crippen LogP contribution is 2.08. The fourth-order valence-electron chi connectivity index (χ4n) is 1.84. The van der Waals surface area contributed by atoms with Crippen LogP contribution >= 0.6 is 0 Å². The molecule has 1 rings (SSSR count). The number of unbranched alkanes of at least 4 members (excludes halogenated alkanes) is 1. The highest BCUT2D eigenvalue weighted by atomic mass is 16.6. The van der Waals surface area contributed by atoms with Gasteiger partial charge in [-0.2, -0.15) is 0 Å². The van der Waals surface area contributed by atoms with E-state index in [2.05, 4.69) is 22.2 Å². The van der Waals surface area contributed by atoms with Gasteiger partial charge in [0, 0.05) is 25.2 Å². The molecule has 0 aliphatic heterocycles. The number of aryl methyl sites for hydroxylation is 1. The van der Waals surface area contributed by atoms with Gasteiger partial charge in [0.25, 0.3) is 0 Å². The van der Waals surface area contributed by atoms with Gasteiger partial charge in [-0.3, -0.25) is 0 Å². The third-order valence-corrected chi connectivity index (χ3v) is 2.94. The van der Waals surface area contributed by atoms with E-state index in [0.717, 1.165) is 25.1 Å². The van der Waals surface area contributed by atoms with E-state index in [4.69, 9.17) is 4.74 Å². The summed E-state index contributed by atoms with van der Waals surface area (Å²) in [5, 5.41) is 11.6. The van der Waals surface area contributed by atoms with Crippen molar-refractivity contribution in [3.05, 3.63) is 23.8 Å². The van der Waals surface area contributed by atoms with Gasteiger partial charge in [-0.1, -0.05) is 13.3 Å². The van der Waals surface area contributed by atoms with E-state index in [-0.39, 0.29) is 6.42 Å². The van der Waals surface area contributed by atoms with Crippen molar-refractivity contribution in [1.29, 1.82) is 0 Å². The molecule has 1 aromatic heterocycles. The van der Waals surface area contributed by atoms with Gasteiger partial charge in [-0.15, -0.1) is 0 Å². The largest absolute Gasteiger partial charge is 0.480 e. The van der Waals surface area contributed by atoms with Crippen molar-refractivity contribution in [2.45, 2.75) is 65.0 Å². The number of ether oxygens (including phenoxy) is 1. The minimum atomic E-state index is -1.13. The molecule has 0 bridgehead atoms. The molecule has 0 saturated heterocycles. The molecule has 0 saturated carbocycles. The molecule has 23 heavy (non-hydrogen) atoms. The normalized spacial score (nSPS) is 12.5. The number of hydrogen-bond acceptors (Lipinski definition) is 5. The molecule has 128 valence electrons. The summed E-state index contributed by atoms with van der Waals surface area (Å²) in [6.07, 6.45) is 5.42. The van der Waals surface area contributed by atoms with Crippen molar-refractivity contribution in [2.24, 2.45) is 0 Å². The number of alkyl carbamates (subject to hydrolysis) is 1. The van der Waals surface area contributed by atoms with Crippen LogP contribution in [0.25, 0.3) is 0 Å². The molecule has 7 nitrogen and oxygen atoms in total. The van der Waals surface area contributed by atoms with Gasteiger partial charge >= 0.3 is 12.1 Å². The van der Waals surface area contributed by atoms with E-state index in [1.807, 2.05) is 0 Å². The fourth-order valence-corrected chi connectivity index (χ4v) is 1.84. The van der Waals surface area contributed by atoms with Crippen LogP contribution in [0.3, 0.4) is 0 Å². The first-order chi connectivity index (χ1) is 10.7. The second kappa shape index (κ2) is 8.45. The van der Waals surface area contributed by atoms with Crippen LogP contribution in [0.1, 0.15) is 51.9 Å². The average Bonchev–Trinajstić information content (AvgIpc) is 2.43. The molecular formula is C16H25N3O4. The lowest BCUT2D eigenvalue weighted by molar-refractivity contribution is -0.139. The monoisotopic (exact) mass is 323 g/mol. The molecule has 1 heterocycles. The lowest BCUT2D eigenvalue weighted by atomic mass is 10.1. The highest BCUT2D eigenvalue weighted by Gasteiger charge is 2.24. The lowest BCUT2D eigenvalue weighted by Gasteiger charge is -2.22. The zero-order valence-electron chi connectivity index (χ0n) is 14.1. The summed E-state index contributed by atoms with van der Waals surface area (Å²) in [4.78, 5) is 31.4. The first kappa shape index (κ1) is 18.9. The molecule has 0 aromatic carbocycles. The van der Waals surface area contributed by atoms with Crippen LogP contribution < -0.4 is 5.32 Å². The Morgan fingerprint density at radius 2 is 1.91 bits per heavy atom. The summed E-state index contributed by atoms with van der Waals surface area (Å²) >= 11 is 0. The third kappa shape index (κ3) is 7.58. The van der Waals surface area contributed by atoms with Gasteiger partial charge in [0.1, 0.15) is 17.5 Å². The molecule has 1 amide bonds. The second-order valence-electron chi connectivity index (χ2n) is 6.35. The van der Waals surface area contributed by atoms with Crippen molar-refractivity contribution in [1.82, 2.24) is 15.3 Å². The van der Waals surface area contributed by atoms with Gasteiger partial charge in [0.2, 0.25) is 0 Å². The van der Waals surface area contributed by atoms with Crippen LogP contribution in [0.15, 0.2) is 12.4 Å². The molecule has 1 aromatic rings. The molecule has 0 radical (unpaired) electrons. The van der Waals surface area contributed by atoms with Crippen LogP contribution in [-0.2, 0) is 22.4 Å². The maximum Gasteiger partial charge on any atom is 0.408 e. The Hall–Kier alpha value is -2.18. The minimum Gasteiger partial charge on any atom is -0.480 e. The number of aromatic nitrogens is 2. The van der Waals surface area contributed by atoms with E-state index in [1.165, 1.54) is 0 Å². The summed E-state index contributed by atoms with van der Waals surface area (Å²) < 4.78 is 5.07. The molecule has 0 fully saturated rings. The molecular weight excluding hydrogens is 298 g/mol. The number of carbonyl (C=O) groups is 2. The minimum absolute atomic E-state index is 0.0998. The molecule has 1 unspecified atom stereocenters. The number of hydrogen-bond donors (Lipinski definition) is 2. The zero-order chi connectivity index (χ0) is 17.5. The maximum absolute atomic E-state index is 11.7. The summed E-state index contributed by atoms with van der Waals surface area (Å²) in [6.45, 7) is 7.23. The van der Waals surface area contributed by atoms with Crippen LogP contribution in [0.2, 0.25) is 0 Å². The Bertz CT molecular complexity index is 523. The van der Waals surface area contributed by atoms with Gasteiger partial charge < -0.3 is 15.2 Å². The van der Waals surface area contributed by atoms with Gasteiger partial charge in [0.05, 0.1) is 0 Å².